The van der Waals surface area contributed by atoms with Gasteiger partial charge in [-0.05, 0) is 5.41 Å². The molecular formula is C16H30O10. The van der Waals surface area contributed by atoms with Crippen LogP contribution in [0.5, 0.6) is 0 Å². The first-order valence-corrected chi connectivity index (χ1v) is 8.61. The molecule has 1 unspecified atom stereocenters. The predicted octanol–water partition coefficient (Wildman–Crippen LogP) is -3.30. The Labute approximate surface area is 151 Å². The molecule has 0 aliphatic carbocycles. The minimum Gasteiger partial charge on any atom is -0.394 e. The zero-order chi connectivity index (χ0) is 19.8. The Balaban J connectivity index is 2.16. The highest BCUT2D eigenvalue weighted by Crippen LogP contribution is 2.35. The van der Waals surface area contributed by atoms with E-state index < -0.39 is 79.9 Å². The summed E-state index contributed by atoms with van der Waals surface area (Å²) in [5.74, 6) is 0. The molecule has 2 rings (SSSR count). The van der Waals surface area contributed by atoms with Crippen LogP contribution in [0.3, 0.4) is 0 Å². The minimum absolute atomic E-state index is 0.526. The van der Waals surface area contributed by atoms with E-state index in [1.165, 1.54) is 0 Å². The van der Waals surface area contributed by atoms with Gasteiger partial charge in [-0.1, -0.05) is 20.8 Å². The lowest BCUT2D eigenvalue weighted by molar-refractivity contribution is -0.345. The maximum atomic E-state index is 10.5. The molecule has 26 heavy (non-hydrogen) atoms. The van der Waals surface area contributed by atoms with Crippen molar-refractivity contribution in [3.8, 4) is 0 Å². The maximum absolute atomic E-state index is 10.5. The predicted molar refractivity (Wildman–Crippen MR) is 85.9 cm³/mol. The summed E-state index contributed by atoms with van der Waals surface area (Å²) in [7, 11) is 0. The van der Waals surface area contributed by atoms with E-state index in [4.69, 9.17) is 14.2 Å². The Morgan fingerprint density at radius 1 is 0.731 bits per heavy atom. The van der Waals surface area contributed by atoms with Gasteiger partial charge in [-0.15, -0.1) is 0 Å². The summed E-state index contributed by atoms with van der Waals surface area (Å²) in [6, 6.07) is 0. The van der Waals surface area contributed by atoms with Gasteiger partial charge in [0, 0.05) is 0 Å². The van der Waals surface area contributed by atoms with Crippen LogP contribution in [0.25, 0.3) is 0 Å². The Kier molecular flexibility index (Phi) is 7.00. The number of rotatable bonds is 4. The van der Waals surface area contributed by atoms with Crippen LogP contribution < -0.4 is 0 Å². The fourth-order valence-electron chi connectivity index (χ4n) is 3.31. The molecule has 10 atom stereocenters. The zero-order valence-electron chi connectivity index (χ0n) is 15.0. The van der Waals surface area contributed by atoms with Gasteiger partial charge >= 0.3 is 0 Å². The largest absolute Gasteiger partial charge is 0.394 e. The van der Waals surface area contributed by atoms with E-state index in [1.54, 1.807) is 20.8 Å². The topological polar surface area (TPSA) is 169 Å². The minimum atomic E-state index is -1.67. The first-order valence-electron chi connectivity index (χ1n) is 8.61. The van der Waals surface area contributed by atoms with Crippen LogP contribution in [0.2, 0.25) is 0 Å². The summed E-state index contributed by atoms with van der Waals surface area (Å²) in [6.45, 7) is 4.26. The average Bonchev–Trinajstić information content (AvgIpc) is 2.58. The SMILES string of the molecule is CC(C)(C)[C@@H]1O[C@H](CO)[C@@H](OC2O[C@H](CO)[C@@H](O)[C@H](O)[C@H]2O)[C@H](O)[C@H]1O. The van der Waals surface area contributed by atoms with Gasteiger partial charge in [0.05, 0.1) is 19.3 Å². The summed E-state index contributed by atoms with van der Waals surface area (Å²) in [5, 5.41) is 69.3. The highest BCUT2D eigenvalue weighted by molar-refractivity contribution is 4.98. The Morgan fingerprint density at radius 3 is 1.81 bits per heavy atom. The van der Waals surface area contributed by atoms with E-state index in [0.717, 1.165) is 0 Å². The van der Waals surface area contributed by atoms with E-state index in [9.17, 15) is 35.7 Å². The Bertz CT molecular complexity index is 451. The third kappa shape index (κ3) is 4.20. The van der Waals surface area contributed by atoms with Crippen molar-refractivity contribution in [1.82, 2.24) is 0 Å². The molecule has 0 radical (unpaired) electrons. The second-order valence-corrected chi connectivity index (χ2v) is 7.92. The fourth-order valence-corrected chi connectivity index (χ4v) is 3.31. The van der Waals surface area contributed by atoms with E-state index >= 15 is 0 Å². The van der Waals surface area contributed by atoms with E-state index in [-0.39, 0.29) is 0 Å². The lowest BCUT2D eigenvalue weighted by atomic mass is 9.80. The van der Waals surface area contributed by atoms with Gasteiger partial charge in [0.2, 0.25) is 0 Å². The lowest BCUT2D eigenvalue weighted by Crippen LogP contribution is -2.65. The van der Waals surface area contributed by atoms with Crippen LogP contribution in [-0.2, 0) is 14.2 Å². The second-order valence-electron chi connectivity index (χ2n) is 7.92. The molecule has 7 N–H and O–H groups in total. The summed E-state index contributed by atoms with van der Waals surface area (Å²) in [5.41, 5.74) is -0.526. The van der Waals surface area contributed by atoms with Gasteiger partial charge in [-0.2, -0.15) is 0 Å². The molecule has 0 bridgehead atoms. The highest BCUT2D eigenvalue weighted by Gasteiger charge is 2.52. The molecule has 10 nitrogen and oxygen atoms in total. The van der Waals surface area contributed by atoms with Gasteiger partial charge in [-0.3, -0.25) is 0 Å². The molecule has 2 saturated heterocycles. The van der Waals surface area contributed by atoms with Crippen LogP contribution in [0.4, 0.5) is 0 Å². The van der Waals surface area contributed by atoms with Gasteiger partial charge in [0.25, 0.3) is 0 Å². The molecule has 0 aromatic carbocycles. The molecule has 10 heteroatoms. The summed E-state index contributed by atoms with van der Waals surface area (Å²) in [6.07, 6.45) is -13.4. The van der Waals surface area contributed by atoms with E-state index in [0.29, 0.717) is 0 Å². The molecule has 0 aromatic rings. The third-order valence-corrected chi connectivity index (χ3v) is 4.86. The molecule has 2 fully saturated rings. The number of hydrogen-bond acceptors (Lipinski definition) is 10. The smallest absolute Gasteiger partial charge is 0.187 e. The highest BCUT2D eigenvalue weighted by atomic mass is 16.7. The molecule has 154 valence electrons. The molecule has 2 heterocycles. The maximum Gasteiger partial charge on any atom is 0.187 e. The van der Waals surface area contributed by atoms with Gasteiger partial charge in [-0.25, -0.2) is 0 Å². The average molecular weight is 382 g/mol. The van der Waals surface area contributed by atoms with E-state index in [1.807, 2.05) is 0 Å². The molecule has 0 aromatic heterocycles. The number of aliphatic hydroxyl groups is 7. The van der Waals surface area contributed by atoms with E-state index in [2.05, 4.69) is 0 Å². The summed E-state index contributed by atoms with van der Waals surface area (Å²) in [4.78, 5) is 0. The monoisotopic (exact) mass is 382 g/mol. The van der Waals surface area contributed by atoms with Crippen molar-refractivity contribution in [3.05, 3.63) is 0 Å². The zero-order valence-corrected chi connectivity index (χ0v) is 15.0. The van der Waals surface area contributed by atoms with Crippen LogP contribution in [-0.4, -0.2) is 110 Å². The van der Waals surface area contributed by atoms with Crippen LogP contribution in [0, 0.1) is 5.41 Å². The second kappa shape index (κ2) is 8.31. The van der Waals surface area contributed by atoms with Crippen molar-refractivity contribution >= 4 is 0 Å². The first-order chi connectivity index (χ1) is 12.0. The van der Waals surface area contributed by atoms with Crippen molar-refractivity contribution in [2.24, 2.45) is 5.41 Å². The van der Waals surface area contributed by atoms with Crippen LogP contribution in [0.1, 0.15) is 20.8 Å². The Morgan fingerprint density at radius 2 is 1.31 bits per heavy atom. The van der Waals surface area contributed by atoms with Crippen molar-refractivity contribution in [1.29, 1.82) is 0 Å². The molecular weight excluding hydrogens is 352 g/mol. The fraction of sp³-hybridized carbons (Fsp3) is 1.00. The van der Waals surface area contributed by atoms with Crippen molar-refractivity contribution < 1.29 is 50.0 Å². The third-order valence-electron chi connectivity index (χ3n) is 4.86. The number of aliphatic hydroxyl groups excluding tert-OH is 7. The quantitative estimate of drug-likeness (QED) is 0.261. The molecule has 2 aliphatic rings. The van der Waals surface area contributed by atoms with Crippen LogP contribution in [0.15, 0.2) is 0 Å². The standard InChI is InChI=1S/C16H30O10/c1-16(2,3)14-11(22)10(21)13(7(5-18)24-14)26-15-12(23)9(20)8(19)6(4-17)25-15/h6-15,17-23H,4-5H2,1-3H3/t6-,7-,8-,9+,10-,11-,12-,13-,14-,15?/m1/s1. The van der Waals surface area contributed by atoms with Crippen molar-refractivity contribution in [2.45, 2.75) is 82.0 Å². The molecule has 2 aliphatic heterocycles. The Hall–Kier alpha value is -0.400. The van der Waals surface area contributed by atoms with Crippen molar-refractivity contribution in [2.75, 3.05) is 13.2 Å². The summed E-state index contributed by atoms with van der Waals surface area (Å²) < 4.78 is 16.4. The number of hydrogen-bond donors (Lipinski definition) is 7. The van der Waals surface area contributed by atoms with Gasteiger partial charge < -0.3 is 50.0 Å². The molecule has 0 amide bonds. The van der Waals surface area contributed by atoms with Gasteiger partial charge in [0.15, 0.2) is 6.29 Å². The molecule has 0 spiro atoms. The van der Waals surface area contributed by atoms with Gasteiger partial charge in [0.1, 0.15) is 48.8 Å². The normalized spacial score (nSPS) is 47.8. The first kappa shape index (κ1) is 21.9. The number of ether oxygens (including phenoxy) is 3. The van der Waals surface area contributed by atoms with Crippen molar-refractivity contribution in [3.63, 3.8) is 0 Å². The van der Waals surface area contributed by atoms with Crippen LogP contribution >= 0.6 is 0 Å². The lowest BCUT2D eigenvalue weighted by Gasteiger charge is -2.48. The summed E-state index contributed by atoms with van der Waals surface area (Å²) >= 11 is 0. The molecule has 0 saturated carbocycles.